The summed E-state index contributed by atoms with van der Waals surface area (Å²) in [6.07, 6.45) is 1.58. The van der Waals surface area contributed by atoms with E-state index < -0.39 is 5.60 Å². The van der Waals surface area contributed by atoms with Crippen molar-refractivity contribution in [2.24, 2.45) is 7.05 Å². The zero-order valence-corrected chi connectivity index (χ0v) is 14.1. The van der Waals surface area contributed by atoms with E-state index in [1.165, 1.54) is 5.56 Å². The Hall–Kier alpha value is -2.30. The first kappa shape index (κ1) is 15.6. The summed E-state index contributed by atoms with van der Waals surface area (Å²) in [7, 11) is 1.94. The van der Waals surface area contributed by atoms with Crippen LogP contribution >= 0.6 is 0 Å². The molecule has 0 saturated carbocycles. The molecule has 5 nitrogen and oxygen atoms in total. The topological polar surface area (TPSA) is 47.4 Å². The molecule has 1 aromatic carbocycles. The summed E-state index contributed by atoms with van der Waals surface area (Å²) in [5.41, 5.74) is 3.07. The van der Waals surface area contributed by atoms with E-state index in [4.69, 9.17) is 4.74 Å². The van der Waals surface area contributed by atoms with E-state index >= 15 is 0 Å². The van der Waals surface area contributed by atoms with Gasteiger partial charge in [-0.2, -0.15) is 5.10 Å². The van der Waals surface area contributed by atoms with Crippen molar-refractivity contribution in [3.8, 4) is 11.3 Å². The van der Waals surface area contributed by atoms with Crippen molar-refractivity contribution < 1.29 is 9.53 Å². The lowest BCUT2D eigenvalue weighted by molar-refractivity contribution is 0.00820. The van der Waals surface area contributed by atoms with E-state index in [1.54, 1.807) is 11.1 Å². The van der Waals surface area contributed by atoms with Gasteiger partial charge in [0.15, 0.2) is 0 Å². The van der Waals surface area contributed by atoms with Crippen LogP contribution in [0.25, 0.3) is 11.3 Å². The quantitative estimate of drug-likeness (QED) is 0.853. The van der Waals surface area contributed by atoms with Gasteiger partial charge in [0.25, 0.3) is 0 Å². The van der Waals surface area contributed by atoms with Crippen molar-refractivity contribution in [2.45, 2.75) is 32.3 Å². The summed E-state index contributed by atoms with van der Waals surface area (Å²) < 4.78 is 7.25. The van der Waals surface area contributed by atoms with E-state index in [1.807, 2.05) is 38.6 Å². The average molecular weight is 313 g/mol. The van der Waals surface area contributed by atoms with E-state index in [-0.39, 0.29) is 6.09 Å². The number of ether oxygens (including phenoxy) is 1. The van der Waals surface area contributed by atoms with Crippen molar-refractivity contribution in [3.63, 3.8) is 0 Å². The molecular weight excluding hydrogens is 290 g/mol. The largest absolute Gasteiger partial charge is 0.444 e. The Bertz CT molecular complexity index is 692. The normalized spacial score (nSPS) is 15.4. The number of nitrogens with zero attached hydrogens (tertiary/aromatic N) is 3. The van der Waals surface area contributed by atoms with E-state index in [0.29, 0.717) is 5.92 Å². The van der Waals surface area contributed by atoms with Gasteiger partial charge < -0.3 is 9.64 Å². The van der Waals surface area contributed by atoms with Gasteiger partial charge in [0, 0.05) is 32.3 Å². The van der Waals surface area contributed by atoms with Crippen molar-refractivity contribution in [3.05, 3.63) is 42.1 Å². The highest BCUT2D eigenvalue weighted by atomic mass is 16.6. The van der Waals surface area contributed by atoms with Crippen LogP contribution in [0.15, 0.2) is 36.5 Å². The maximum absolute atomic E-state index is 12.0. The Morgan fingerprint density at radius 1 is 1.17 bits per heavy atom. The highest BCUT2D eigenvalue weighted by Gasteiger charge is 2.34. The lowest BCUT2D eigenvalue weighted by atomic mass is 9.91. The number of likely N-dealkylation sites (tertiary alicyclic amines) is 1. The summed E-state index contributed by atoms with van der Waals surface area (Å²) in [6.45, 7) is 7.11. The number of hydrogen-bond donors (Lipinski definition) is 0. The molecular formula is C18H23N3O2. The van der Waals surface area contributed by atoms with E-state index in [9.17, 15) is 4.79 Å². The van der Waals surface area contributed by atoms with Gasteiger partial charge in [-0.1, -0.05) is 24.3 Å². The molecule has 1 aromatic heterocycles. The van der Waals surface area contributed by atoms with Gasteiger partial charge in [0.2, 0.25) is 0 Å². The van der Waals surface area contributed by atoms with Crippen LogP contribution in [0.1, 0.15) is 32.3 Å². The van der Waals surface area contributed by atoms with Crippen LogP contribution in [-0.4, -0.2) is 39.5 Å². The molecule has 2 heterocycles. The van der Waals surface area contributed by atoms with Crippen LogP contribution in [0.3, 0.4) is 0 Å². The molecule has 0 spiro atoms. The van der Waals surface area contributed by atoms with Crippen molar-refractivity contribution in [1.29, 1.82) is 0 Å². The van der Waals surface area contributed by atoms with E-state index in [0.717, 1.165) is 24.3 Å². The van der Waals surface area contributed by atoms with Crippen LogP contribution in [0.4, 0.5) is 4.79 Å². The van der Waals surface area contributed by atoms with Gasteiger partial charge in [-0.25, -0.2) is 4.79 Å². The first-order valence-electron chi connectivity index (χ1n) is 7.90. The predicted molar refractivity (Wildman–Crippen MR) is 89.2 cm³/mol. The highest BCUT2D eigenvalue weighted by molar-refractivity contribution is 5.69. The molecule has 0 bridgehead atoms. The SMILES string of the molecule is Cn1nccc1-c1ccc(C2CN(C(=O)OC(C)(C)C)C2)cc1. The van der Waals surface area contributed by atoms with Gasteiger partial charge in [-0.15, -0.1) is 0 Å². The maximum atomic E-state index is 12.0. The number of rotatable bonds is 2. The fraction of sp³-hybridized carbons (Fsp3) is 0.444. The van der Waals surface area contributed by atoms with Crippen molar-refractivity contribution in [2.75, 3.05) is 13.1 Å². The second-order valence-electron chi connectivity index (χ2n) is 7.04. The van der Waals surface area contributed by atoms with Crippen LogP contribution in [0.5, 0.6) is 0 Å². The van der Waals surface area contributed by atoms with Crippen LogP contribution in [0.2, 0.25) is 0 Å². The fourth-order valence-corrected chi connectivity index (χ4v) is 2.75. The molecule has 0 radical (unpaired) electrons. The third-order valence-corrected chi connectivity index (χ3v) is 4.03. The first-order valence-corrected chi connectivity index (χ1v) is 7.90. The predicted octanol–water partition coefficient (Wildman–Crippen LogP) is 3.42. The maximum Gasteiger partial charge on any atom is 0.410 e. The van der Waals surface area contributed by atoms with Gasteiger partial charge in [-0.05, 0) is 38.0 Å². The molecule has 1 aliphatic heterocycles. The average Bonchev–Trinajstić information content (AvgIpc) is 2.82. The number of carbonyl (C=O) groups is 1. The summed E-state index contributed by atoms with van der Waals surface area (Å²) >= 11 is 0. The van der Waals surface area contributed by atoms with Crippen LogP contribution in [-0.2, 0) is 11.8 Å². The number of aromatic nitrogens is 2. The molecule has 122 valence electrons. The number of benzene rings is 1. The third kappa shape index (κ3) is 3.38. The zero-order chi connectivity index (χ0) is 16.6. The molecule has 23 heavy (non-hydrogen) atoms. The molecule has 5 heteroatoms. The lowest BCUT2D eigenvalue weighted by Gasteiger charge is -2.40. The Labute approximate surface area is 136 Å². The molecule has 2 aromatic rings. The molecule has 1 amide bonds. The number of carbonyl (C=O) groups excluding carboxylic acids is 1. The summed E-state index contributed by atoms with van der Waals surface area (Å²) in [5, 5.41) is 4.19. The lowest BCUT2D eigenvalue weighted by Crippen LogP contribution is -2.50. The second-order valence-corrected chi connectivity index (χ2v) is 7.04. The first-order chi connectivity index (χ1) is 10.8. The third-order valence-electron chi connectivity index (χ3n) is 4.03. The van der Waals surface area contributed by atoms with Gasteiger partial charge in [0.05, 0.1) is 5.69 Å². The van der Waals surface area contributed by atoms with Gasteiger partial charge in [-0.3, -0.25) is 4.68 Å². The summed E-state index contributed by atoms with van der Waals surface area (Å²) in [4.78, 5) is 13.7. The Morgan fingerprint density at radius 2 is 1.83 bits per heavy atom. The highest BCUT2D eigenvalue weighted by Crippen LogP contribution is 2.30. The molecule has 0 unspecified atom stereocenters. The van der Waals surface area contributed by atoms with Crippen molar-refractivity contribution >= 4 is 6.09 Å². The molecule has 3 rings (SSSR count). The molecule has 0 aliphatic carbocycles. The van der Waals surface area contributed by atoms with Crippen LogP contribution < -0.4 is 0 Å². The molecule has 1 aliphatic rings. The molecule has 0 atom stereocenters. The summed E-state index contributed by atoms with van der Waals surface area (Å²) in [5.74, 6) is 0.392. The van der Waals surface area contributed by atoms with Crippen molar-refractivity contribution in [1.82, 2.24) is 14.7 Å². The number of hydrogen-bond acceptors (Lipinski definition) is 3. The van der Waals surface area contributed by atoms with Crippen LogP contribution in [0, 0.1) is 0 Å². The zero-order valence-electron chi connectivity index (χ0n) is 14.1. The second kappa shape index (κ2) is 5.72. The standard InChI is InChI=1S/C18H23N3O2/c1-18(2,3)23-17(22)21-11-15(12-21)13-5-7-14(8-6-13)16-9-10-19-20(16)4/h5-10,15H,11-12H2,1-4H3. The van der Waals surface area contributed by atoms with E-state index in [2.05, 4.69) is 29.4 Å². The molecule has 0 N–H and O–H groups in total. The number of amides is 1. The molecule has 1 saturated heterocycles. The molecule has 1 fully saturated rings. The van der Waals surface area contributed by atoms with Gasteiger partial charge in [0.1, 0.15) is 5.60 Å². The minimum Gasteiger partial charge on any atom is -0.444 e. The Morgan fingerprint density at radius 3 is 2.35 bits per heavy atom. The summed E-state index contributed by atoms with van der Waals surface area (Å²) in [6, 6.07) is 10.5. The minimum atomic E-state index is -0.438. The van der Waals surface area contributed by atoms with Gasteiger partial charge >= 0.3 is 6.09 Å². The fourth-order valence-electron chi connectivity index (χ4n) is 2.75. The smallest absolute Gasteiger partial charge is 0.410 e. The monoisotopic (exact) mass is 313 g/mol. The Balaban J connectivity index is 1.60. The Kier molecular flexibility index (Phi) is 3.88. The minimum absolute atomic E-state index is 0.222. The number of aryl methyl sites for hydroxylation is 1.